The van der Waals surface area contributed by atoms with Crippen molar-refractivity contribution < 1.29 is 4.74 Å². The molecule has 1 atom stereocenters. The number of halogens is 1. The van der Waals surface area contributed by atoms with Gasteiger partial charge in [0.1, 0.15) is 5.82 Å². The van der Waals surface area contributed by atoms with E-state index in [0.29, 0.717) is 11.8 Å². The first-order valence-corrected chi connectivity index (χ1v) is 5.17. The molecule has 0 radical (unpaired) electrons. The zero-order valence-electron chi connectivity index (χ0n) is 8.46. The predicted octanol–water partition coefficient (Wildman–Crippen LogP) is 2.52. The van der Waals surface area contributed by atoms with E-state index in [2.05, 4.69) is 17.2 Å². The number of aromatic nitrogens is 1. The van der Waals surface area contributed by atoms with Gasteiger partial charge in [0.2, 0.25) is 5.88 Å². The topological polar surface area (TPSA) is 34.1 Å². The van der Waals surface area contributed by atoms with E-state index >= 15 is 0 Å². The Hall–Kier alpha value is -0.960. The number of ether oxygens (including phenoxy) is 1. The Morgan fingerprint density at radius 1 is 1.57 bits per heavy atom. The van der Waals surface area contributed by atoms with Gasteiger partial charge in [0.15, 0.2) is 0 Å². The maximum absolute atomic E-state index is 5.77. The van der Waals surface area contributed by atoms with Crippen LogP contribution in [0.15, 0.2) is 18.2 Å². The Bertz CT molecular complexity index is 277. The van der Waals surface area contributed by atoms with Crippen LogP contribution in [-0.4, -0.2) is 24.0 Å². The minimum Gasteiger partial charge on any atom is -0.481 e. The van der Waals surface area contributed by atoms with Gasteiger partial charge in [0.05, 0.1) is 7.11 Å². The van der Waals surface area contributed by atoms with Crippen LogP contribution in [0.4, 0.5) is 5.82 Å². The minimum absolute atomic E-state index is 0.260. The highest BCUT2D eigenvalue weighted by Crippen LogP contribution is 2.12. The van der Waals surface area contributed by atoms with Gasteiger partial charge in [-0.3, -0.25) is 0 Å². The van der Waals surface area contributed by atoms with Crippen LogP contribution >= 0.6 is 11.6 Å². The molecule has 1 aromatic rings. The Labute approximate surface area is 89.4 Å². The summed E-state index contributed by atoms with van der Waals surface area (Å²) in [5.74, 6) is 1.99. The van der Waals surface area contributed by atoms with E-state index in [1.54, 1.807) is 7.11 Å². The minimum atomic E-state index is 0.260. The molecule has 0 saturated carbocycles. The Balaban J connectivity index is 2.65. The Morgan fingerprint density at radius 2 is 2.36 bits per heavy atom. The molecule has 0 amide bonds. The molecule has 14 heavy (non-hydrogen) atoms. The van der Waals surface area contributed by atoms with Crippen LogP contribution in [-0.2, 0) is 0 Å². The van der Waals surface area contributed by atoms with E-state index in [0.717, 1.165) is 12.2 Å². The molecule has 0 aromatic carbocycles. The summed E-state index contributed by atoms with van der Waals surface area (Å²) in [6, 6.07) is 5.87. The summed E-state index contributed by atoms with van der Waals surface area (Å²) in [5.41, 5.74) is 0. The molecule has 3 nitrogen and oxygen atoms in total. The number of alkyl halides is 1. The maximum atomic E-state index is 5.77. The predicted molar refractivity (Wildman–Crippen MR) is 59.2 cm³/mol. The molecule has 0 aliphatic heterocycles. The van der Waals surface area contributed by atoms with Gasteiger partial charge in [-0.05, 0) is 12.5 Å². The number of nitrogens with zero attached hydrogens (tertiary/aromatic N) is 1. The van der Waals surface area contributed by atoms with E-state index in [1.165, 1.54) is 0 Å². The average Bonchev–Trinajstić information content (AvgIpc) is 2.26. The molecule has 1 N–H and O–H groups in total. The zero-order chi connectivity index (χ0) is 10.4. The fourth-order valence-corrected chi connectivity index (χ4v) is 1.36. The number of hydrogen-bond acceptors (Lipinski definition) is 3. The largest absolute Gasteiger partial charge is 0.481 e. The van der Waals surface area contributed by atoms with Gasteiger partial charge in [-0.25, -0.2) is 0 Å². The molecule has 1 heterocycles. The van der Waals surface area contributed by atoms with Crippen molar-refractivity contribution in [2.24, 2.45) is 0 Å². The molecule has 1 aromatic heterocycles. The lowest BCUT2D eigenvalue weighted by molar-refractivity contribution is 0.398. The highest BCUT2D eigenvalue weighted by Gasteiger charge is 2.05. The third kappa shape index (κ3) is 3.07. The molecular formula is C10H15ClN2O. The van der Waals surface area contributed by atoms with Crippen molar-refractivity contribution in [3.63, 3.8) is 0 Å². The summed E-state index contributed by atoms with van der Waals surface area (Å²) in [4.78, 5) is 4.23. The van der Waals surface area contributed by atoms with Crippen molar-refractivity contribution in [1.29, 1.82) is 0 Å². The molecule has 78 valence electrons. The highest BCUT2D eigenvalue weighted by molar-refractivity contribution is 6.18. The summed E-state index contributed by atoms with van der Waals surface area (Å²) in [7, 11) is 1.60. The lowest BCUT2D eigenvalue weighted by atomic mass is 10.2. The van der Waals surface area contributed by atoms with Gasteiger partial charge in [-0.1, -0.05) is 13.0 Å². The van der Waals surface area contributed by atoms with E-state index in [9.17, 15) is 0 Å². The van der Waals surface area contributed by atoms with Crippen molar-refractivity contribution >= 4 is 17.4 Å². The third-order valence-corrected chi connectivity index (χ3v) is 2.34. The maximum Gasteiger partial charge on any atom is 0.214 e. The van der Waals surface area contributed by atoms with E-state index in [-0.39, 0.29) is 6.04 Å². The Morgan fingerprint density at radius 3 is 2.93 bits per heavy atom. The quantitative estimate of drug-likeness (QED) is 0.765. The van der Waals surface area contributed by atoms with Gasteiger partial charge in [-0.2, -0.15) is 4.98 Å². The molecule has 0 spiro atoms. The van der Waals surface area contributed by atoms with Crippen molar-refractivity contribution in [3.8, 4) is 5.88 Å². The van der Waals surface area contributed by atoms with Crippen LogP contribution in [0.1, 0.15) is 13.3 Å². The molecule has 0 aliphatic rings. The normalized spacial score (nSPS) is 12.2. The Kier molecular flexibility index (Phi) is 4.53. The third-order valence-electron chi connectivity index (χ3n) is 1.96. The molecule has 0 fully saturated rings. The second-order valence-electron chi connectivity index (χ2n) is 2.97. The summed E-state index contributed by atoms with van der Waals surface area (Å²) in [5, 5.41) is 3.23. The zero-order valence-corrected chi connectivity index (χ0v) is 9.21. The van der Waals surface area contributed by atoms with Crippen LogP contribution in [0, 0.1) is 0 Å². The lowest BCUT2D eigenvalue weighted by Gasteiger charge is -2.14. The second-order valence-corrected chi connectivity index (χ2v) is 3.28. The van der Waals surface area contributed by atoms with Gasteiger partial charge in [0.25, 0.3) is 0 Å². The fourth-order valence-electron chi connectivity index (χ4n) is 1.07. The number of pyridine rings is 1. The molecule has 0 saturated heterocycles. The standard InChI is InChI=1S/C10H15ClN2O/c1-3-8(7-11)12-9-5-4-6-10(13-9)14-2/h4-6,8H,3,7H2,1-2H3,(H,12,13). The molecule has 0 bridgehead atoms. The van der Waals surface area contributed by atoms with Gasteiger partial charge in [0, 0.05) is 18.0 Å². The number of rotatable bonds is 5. The summed E-state index contributed by atoms with van der Waals surface area (Å²) >= 11 is 5.77. The van der Waals surface area contributed by atoms with E-state index < -0.39 is 0 Å². The summed E-state index contributed by atoms with van der Waals surface area (Å²) in [6.07, 6.45) is 0.975. The highest BCUT2D eigenvalue weighted by atomic mass is 35.5. The number of anilines is 1. The van der Waals surface area contributed by atoms with Crippen molar-refractivity contribution in [2.75, 3.05) is 18.3 Å². The number of methoxy groups -OCH3 is 1. The summed E-state index contributed by atoms with van der Waals surface area (Å²) < 4.78 is 5.02. The molecule has 1 rings (SSSR count). The first kappa shape index (κ1) is 11.1. The van der Waals surface area contributed by atoms with Crippen LogP contribution in [0.25, 0.3) is 0 Å². The molecule has 0 aliphatic carbocycles. The monoisotopic (exact) mass is 214 g/mol. The fraction of sp³-hybridized carbons (Fsp3) is 0.500. The first-order chi connectivity index (χ1) is 6.80. The number of hydrogen-bond donors (Lipinski definition) is 1. The molecule has 4 heteroatoms. The number of nitrogens with one attached hydrogen (secondary N) is 1. The van der Waals surface area contributed by atoms with Gasteiger partial charge in [-0.15, -0.1) is 11.6 Å². The lowest BCUT2D eigenvalue weighted by Crippen LogP contribution is -2.20. The van der Waals surface area contributed by atoms with E-state index in [4.69, 9.17) is 16.3 Å². The van der Waals surface area contributed by atoms with Crippen molar-refractivity contribution in [3.05, 3.63) is 18.2 Å². The van der Waals surface area contributed by atoms with Crippen LogP contribution in [0.2, 0.25) is 0 Å². The summed E-state index contributed by atoms with van der Waals surface area (Å²) in [6.45, 7) is 2.08. The van der Waals surface area contributed by atoms with Gasteiger partial charge < -0.3 is 10.1 Å². The molecular weight excluding hydrogens is 200 g/mol. The first-order valence-electron chi connectivity index (χ1n) is 4.63. The SMILES string of the molecule is CCC(CCl)Nc1cccc(OC)n1. The van der Waals surface area contributed by atoms with Crippen LogP contribution in [0.5, 0.6) is 5.88 Å². The second kappa shape index (κ2) is 5.70. The smallest absolute Gasteiger partial charge is 0.214 e. The van der Waals surface area contributed by atoms with Crippen molar-refractivity contribution in [1.82, 2.24) is 4.98 Å². The average molecular weight is 215 g/mol. The van der Waals surface area contributed by atoms with E-state index in [1.807, 2.05) is 18.2 Å². The van der Waals surface area contributed by atoms with Crippen LogP contribution < -0.4 is 10.1 Å². The van der Waals surface area contributed by atoms with Crippen LogP contribution in [0.3, 0.4) is 0 Å². The van der Waals surface area contributed by atoms with Gasteiger partial charge >= 0.3 is 0 Å². The van der Waals surface area contributed by atoms with Crippen molar-refractivity contribution in [2.45, 2.75) is 19.4 Å². The molecule has 1 unspecified atom stereocenters.